The Morgan fingerprint density at radius 3 is 2.48 bits per heavy atom. The van der Waals surface area contributed by atoms with Crippen LogP contribution < -0.4 is 0 Å². The molecule has 5 heteroatoms. The molecule has 2 aromatic rings. The molecule has 3 rings (SSSR count). The first-order valence-corrected chi connectivity index (χ1v) is 8.66. The van der Waals surface area contributed by atoms with Crippen LogP contribution in [0.5, 0.6) is 0 Å². The zero-order valence-corrected chi connectivity index (χ0v) is 12.5. The quantitative estimate of drug-likeness (QED) is 0.875. The van der Waals surface area contributed by atoms with Gasteiger partial charge in [-0.15, -0.1) is 0 Å². The van der Waals surface area contributed by atoms with Crippen LogP contribution in [-0.2, 0) is 9.84 Å². The second-order valence-electron chi connectivity index (χ2n) is 5.03. The summed E-state index contributed by atoms with van der Waals surface area (Å²) in [4.78, 5) is 0.316. The van der Waals surface area contributed by atoms with Crippen LogP contribution in [0.4, 0.5) is 0 Å². The van der Waals surface area contributed by atoms with E-state index in [0.29, 0.717) is 4.90 Å². The summed E-state index contributed by atoms with van der Waals surface area (Å²) in [5.41, 5.74) is 3.01. The van der Waals surface area contributed by atoms with Crippen molar-refractivity contribution in [2.45, 2.75) is 17.7 Å². The third-order valence-corrected chi connectivity index (χ3v) is 4.57. The van der Waals surface area contributed by atoms with Crippen LogP contribution in [-0.4, -0.2) is 24.5 Å². The lowest BCUT2D eigenvalue weighted by Gasteiger charge is -2.11. The van der Waals surface area contributed by atoms with E-state index in [9.17, 15) is 8.42 Å². The molecule has 0 amide bonds. The van der Waals surface area contributed by atoms with E-state index in [1.54, 1.807) is 30.5 Å². The Labute approximate surface area is 124 Å². The molecule has 1 aliphatic rings. The average Bonchev–Trinajstić information content (AvgIpc) is 2.97. The summed E-state index contributed by atoms with van der Waals surface area (Å²) in [5, 5.41) is 4.35. The van der Waals surface area contributed by atoms with Crippen molar-refractivity contribution in [2.75, 3.05) is 6.26 Å². The highest BCUT2D eigenvalue weighted by atomic mass is 32.2. The van der Waals surface area contributed by atoms with Gasteiger partial charge in [0.25, 0.3) is 0 Å². The van der Waals surface area contributed by atoms with Gasteiger partial charge in [0.2, 0.25) is 0 Å². The summed E-state index contributed by atoms with van der Waals surface area (Å²) in [5.74, 6) is 0. The van der Waals surface area contributed by atoms with Gasteiger partial charge >= 0.3 is 0 Å². The van der Waals surface area contributed by atoms with E-state index in [4.69, 9.17) is 0 Å². The molecule has 0 saturated heterocycles. The van der Waals surface area contributed by atoms with E-state index in [1.165, 1.54) is 6.26 Å². The van der Waals surface area contributed by atoms with Crippen molar-refractivity contribution in [2.24, 2.45) is 0 Å². The van der Waals surface area contributed by atoms with Gasteiger partial charge in [0.15, 0.2) is 9.84 Å². The van der Waals surface area contributed by atoms with Crippen LogP contribution >= 0.6 is 0 Å². The molecule has 1 aromatic heterocycles. The number of benzene rings is 1. The van der Waals surface area contributed by atoms with Gasteiger partial charge in [-0.1, -0.05) is 18.2 Å². The third-order valence-electron chi connectivity index (χ3n) is 3.44. The number of allylic oxidation sites excluding steroid dienone is 4. The Morgan fingerprint density at radius 1 is 1.10 bits per heavy atom. The summed E-state index contributed by atoms with van der Waals surface area (Å²) in [6, 6.07) is 8.74. The van der Waals surface area contributed by atoms with Gasteiger partial charge in [0.1, 0.15) is 0 Å². The molecular formula is C16H16N2O2S. The summed E-state index contributed by atoms with van der Waals surface area (Å²) >= 11 is 0. The van der Waals surface area contributed by atoms with E-state index in [1.807, 2.05) is 10.7 Å². The fourth-order valence-electron chi connectivity index (χ4n) is 2.37. The van der Waals surface area contributed by atoms with Crippen LogP contribution in [0, 0.1) is 0 Å². The molecule has 4 nitrogen and oxygen atoms in total. The molecule has 0 spiro atoms. The molecule has 1 aliphatic carbocycles. The lowest BCUT2D eigenvalue weighted by molar-refractivity contribution is 0.602. The SMILES string of the molecule is CS(=O)(=O)c1ccc(-n2nccc2C2=CCCC=C2)cc1. The zero-order chi connectivity index (χ0) is 14.9. The molecule has 0 saturated carbocycles. The molecule has 108 valence electrons. The van der Waals surface area contributed by atoms with Gasteiger partial charge in [-0.25, -0.2) is 13.1 Å². The average molecular weight is 300 g/mol. The number of rotatable bonds is 3. The summed E-state index contributed by atoms with van der Waals surface area (Å²) < 4.78 is 24.8. The predicted molar refractivity (Wildman–Crippen MR) is 83.0 cm³/mol. The van der Waals surface area contributed by atoms with Gasteiger partial charge in [0, 0.05) is 6.26 Å². The maximum absolute atomic E-state index is 11.5. The van der Waals surface area contributed by atoms with Crippen LogP contribution in [0.3, 0.4) is 0 Å². The van der Waals surface area contributed by atoms with Gasteiger partial charge < -0.3 is 0 Å². The minimum atomic E-state index is -3.17. The van der Waals surface area contributed by atoms with Gasteiger partial charge in [-0.2, -0.15) is 5.10 Å². The lowest BCUT2D eigenvalue weighted by Crippen LogP contribution is -2.03. The molecular weight excluding hydrogens is 284 g/mol. The fraction of sp³-hybridized carbons (Fsp3) is 0.188. The van der Waals surface area contributed by atoms with Gasteiger partial charge in [-0.05, 0) is 48.7 Å². The molecule has 0 N–H and O–H groups in total. The van der Waals surface area contributed by atoms with Crippen LogP contribution in [0.1, 0.15) is 18.5 Å². The monoisotopic (exact) mass is 300 g/mol. The first kappa shape index (κ1) is 13.8. The molecule has 1 heterocycles. The zero-order valence-electron chi connectivity index (χ0n) is 11.7. The fourth-order valence-corrected chi connectivity index (χ4v) is 3.00. The van der Waals surface area contributed by atoms with Crippen LogP contribution in [0.15, 0.2) is 59.7 Å². The van der Waals surface area contributed by atoms with E-state index in [2.05, 4.69) is 23.3 Å². The van der Waals surface area contributed by atoms with E-state index in [-0.39, 0.29) is 0 Å². The second-order valence-corrected chi connectivity index (χ2v) is 7.05. The highest BCUT2D eigenvalue weighted by Gasteiger charge is 2.11. The Bertz CT molecular complexity index is 812. The maximum atomic E-state index is 11.5. The normalized spacial score (nSPS) is 15.0. The first-order chi connectivity index (χ1) is 10.1. The number of nitrogens with zero attached hydrogens (tertiary/aromatic N) is 2. The lowest BCUT2D eigenvalue weighted by atomic mass is 10.0. The van der Waals surface area contributed by atoms with Crippen molar-refractivity contribution < 1.29 is 8.42 Å². The Morgan fingerprint density at radius 2 is 1.86 bits per heavy atom. The first-order valence-electron chi connectivity index (χ1n) is 6.77. The number of sulfone groups is 1. The standard InChI is InChI=1S/C16H16N2O2S/c1-21(19,20)15-9-7-14(8-10-15)18-16(11-12-17-18)13-5-3-2-4-6-13/h3,5-12H,2,4H2,1H3. The maximum Gasteiger partial charge on any atom is 0.175 e. The minimum Gasteiger partial charge on any atom is -0.233 e. The highest BCUT2D eigenvalue weighted by molar-refractivity contribution is 7.90. The number of hydrogen-bond acceptors (Lipinski definition) is 3. The largest absolute Gasteiger partial charge is 0.233 e. The number of hydrogen-bond donors (Lipinski definition) is 0. The Hall–Kier alpha value is -2.14. The van der Waals surface area contributed by atoms with Gasteiger partial charge in [0.05, 0.1) is 22.5 Å². The summed E-state index contributed by atoms with van der Waals surface area (Å²) in [7, 11) is -3.17. The molecule has 0 aliphatic heterocycles. The van der Waals surface area contributed by atoms with Crippen LogP contribution in [0.2, 0.25) is 0 Å². The van der Waals surface area contributed by atoms with E-state index >= 15 is 0 Å². The van der Waals surface area contributed by atoms with Crippen molar-refractivity contribution in [1.29, 1.82) is 0 Å². The topological polar surface area (TPSA) is 52.0 Å². The van der Waals surface area contributed by atoms with Crippen molar-refractivity contribution in [3.63, 3.8) is 0 Å². The second kappa shape index (κ2) is 5.33. The van der Waals surface area contributed by atoms with Crippen molar-refractivity contribution in [1.82, 2.24) is 9.78 Å². The molecule has 0 radical (unpaired) electrons. The van der Waals surface area contributed by atoms with Crippen molar-refractivity contribution in [3.05, 3.63) is 60.5 Å². The van der Waals surface area contributed by atoms with E-state index in [0.717, 1.165) is 29.8 Å². The van der Waals surface area contributed by atoms with Crippen molar-refractivity contribution in [3.8, 4) is 5.69 Å². The molecule has 0 atom stereocenters. The molecule has 0 bridgehead atoms. The summed E-state index contributed by atoms with van der Waals surface area (Å²) in [6.07, 6.45) is 11.5. The number of aromatic nitrogens is 2. The predicted octanol–water partition coefficient (Wildman–Crippen LogP) is 3.01. The third kappa shape index (κ3) is 2.83. The molecule has 0 fully saturated rings. The van der Waals surface area contributed by atoms with Crippen molar-refractivity contribution >= 4 is 15.4 Å². The molecule has 21 heavy (non-hydrogen) atoms. The van der Waals surface area contributed by atoms with Gasteiger partial charge in [-0.3, -0.25) is 0 Å². The molecule has 1 aromatic carbocycles. The van der Waals surface area contributed by atoms with Crippen LogP contribution in [0.25, 0.3) is 11.3 Å². The Balaban J connectivity index is 2.00. The summed E-state index contributed by atoms with van der Waals surface area (Å²) in [6.45, 7) is 0. The smallest absolute Gasteiger partial charge is 0.175 e. The minimum absolute atomic E-state index is 0.316. The van der Waals surface area contributed by atoms with E-state index < -0.39 is 9.84 Å². The highest BCUT2D eigenvalue weighted by Crippen LogP contribution is 2.24. The Kier molecular flexibility index (Phi) is 3.51. The molecule has 0 unspecified atom stereocenters.